The maximum Gasteiger partial charge on any atom is 0.272 e. The molecule has 0 radical (unpaired) electrons. The summed E-state index contributed by atoms with van der Waals surface area (Å²) in [6.45, 7) is 5.74. The van der Waals surface area contributed by atoms with Crippen molar-refractivity contribution in [1.82, 2.24) is 5.32 Å². The first kappa shape index (κ1) is 30.9. The quantitative estimate of drug-likeness (QED) is 0.122. The molecule has 0 saturated carbocycles. The van der Waals surface area contributed by atoms with Crippen molar-refractivity contribution in [2.75, 3.05) is 17.7 Å². The normalized spacial score (nSPS) is 11.8. The number of ether oxygens (including phenoxy) is 1. The smallest absolute Gasteiger partial charge is 0.272 e. The minimum Gasteiger partial charge on any atom is -0.508 e. The molecule has 0 aliphatic heterocycles. The molecule has 43 heavy (non-hydrogen) atoms. The van der Waals surface area contributed by atoms with Gasteiger partial charge in [0.25, 0.3) is 11.8 Å². The van der Waals surface area contributed by atoms with Crippen LogP contribution in [0.5, 0.6) is 11.5 Å². The minimum atomic E-state index is -0.567. The first-order valence-corrected chi connectivity index (χ1v) is 14.4. The summed E-state index contributed by atoms with van der Waals surface area (Å²) in [5.74, 6) is -0.842. The number of aromatic hydroxyl groups is 1. The number of amides is 3. The Hall–Kier alpha value is -5.02. The molecule has 4 N–H and O–H groups in total. The Morgan fingerprint density at radius 1 is 0.884 bits per heavy atom. The molecule has 1 unspecified atom stereocenters. The zero-order valence-electron chi connectivity index (χ0n) is 24.3. The Labute approximate surface area is 255 Å². The summed E-state index contributed by atoms with van der Waals surface area (Å²) >= 11 is 1.36. The number of aryl methyl sites for hydroxylation is 2. The Kier molecular flexibility index (Phi) is 10.2. The topological polar surface area (TPSA) is 117 Å². The van der Waals surface area contributed by atoms with Gasteiger partial charge in [0.2, 0.25) is 5.91 Å². The van der Waals surface area contributed by atoms with Crippen LogP contribution in [-0.2, 0) is 9.59 Å². The molecule has 1 atom stereocenters. The molecule has 0 aliphatic rings. The monoisotopic (exact) mass is 595 g/mol. The van der Waals surface area contributed by atoms with Crippen LogP contribution in [0.4, 0.5) is 11.4 Å². The van der Waals surface area contributed by atoms with Crippen molar-refractivity contribution in [3.63, 3.8) is 0 Å². The van der Waals surface area contributed by atoms with E-state index in [1.165, 1.54) is 37.1 Å². The van der Waals surface area contributed by atoms with Crippen molar-refractivity contribution in [3.05, 3.63) is 119 Å². The van der Waals surface area contributed by atoms with Gasteiger partial charge in [-0.15, -0.1) is 11.8 Å². The largest absolute Gasteiger partial charge is 0.508 e. The first-order valence-electron chi connectivity index (χ1n) is 13.5. The van der Waals surface area contributed by atoms with Crippen LogP contribution in [0.25, 0.3) is 6.08 Å². The average molecular weight is 596 g/mol. The van der Waals surface area contributed by atoms with Gasteiger partial charge in [-0.3, -0.25) is 14.4 Å². The molecule has 0 fully saturated rings. The lowest BCUT2D eigenvalue weighted by Crippen LogP contribution is -2.30. The van der Waals surface area contributed by atoms with E-state index in [0.717, 1.165) is 21.7 Å². The third-order valence-corrected chi connectivity index (χ3v) is 7.56. The number of phenols is 1. The summed E-state index contributed by atoms with van der Waals surface area (Å²) in [6.07, 6.45) is 1.48. The summed E-state index contributed by atoms with van der Waals surface area (Å²) in [5.41, 5.74) is 4.13. The maximum absolute atomic E-state index is 13.5. The third kappa shape index (κ3) is 8.50. The van der Waals surface area contributed by atoms with Gasteiger partial charge in [0.1, 0.15) is 17.2 Å². The molecule has 0 saturated heterocycles. The molecule has 4 aromatic carbocycles. The number of anilines is 2. The number of methoxy groups -OCH3 is 1. The van der Waals surface area contributed by atoms with E-state index in [0.29, 0.717) is 22.6 Å². The lowest BCUT2D eigenvalue weighted by atomic mass is 10.1. The fraction of sp³-hybridized carbons (Fsp3) is 0.147. The van der Waals surface area contributed by atoms with E-state index in [-0.39, 0.29) is 17.4 Å². The number of benzene rings is 4. The maximum atomic E-state index is 13.5. The van der Waals surface area contributed by atoms with Crippen molar-refractivity contribution in [3.8, 4) is 11.5 Å². The second-order valence-corrected chi connectivity index (χ2v) is 11.3. The second kappa shape index (κ2) is 14.2. The Bertz CT molecular complexity index is 1670. The van der Waals surface area contributed by atoms with E-state index >= 15 is 0 Å². The second-order valence-electron chi connectivity index (χ2n) is 9.85. The molecule has 0 bridgehead atoms. The Morgan fingerprint density at radius 2 is 1.65 bits per heavy atom. The van der Waals surface area contributed by atoms with Gasteiger partial charge in [0.05, 0.1) is 12.4 Å². The van der Waals surface area contributed by atoms with Crippen LogP contribution in [0.2, 0.25) is 0 Å². The summed E-state index contributed by atoms with van der Waals surface area (Å²) in [7, 11) is 1.45. The van der Waals surface area contributed by atoms with E-state index in [1.54, 1.807) is 54.6 Å². The lowest BCUT2D eigenvalue weighted by molar-refractivity contribution is -0.115. The van der Waals surface area contributed by atoms with Crippen LogP contribution in [0.3, 0.4) is 0 Å². The van der Waals surface area contributed by atoms with Gasteiger partial charge in [-0.25, -0.2) is 0 Å². The molecule has 0 heterocycles. The fourth-order valence-electron chi connectivity index (χ4n) is 4.13. The van der Waals surface area contributed by atoms with Crippen molar-refractivity contribution >= 4 is 46.9 Å². The summed E-state index contributed by atoms with van der Waals surface area (Å²) in [4.78, 5) is 40.2. The average Bonchev–Trinajstić information content (AvgIpc) is 2.99. The lowest BCUT2D eigenvalue weighted by Gasteiger charge is -2.15. The zero-order valence-corrected chi connectivity index (χ0v) is 25.1. The predicted molar refractivity (Wildman–Crippen MR) is 171 cm³/mol. The number of rotatable bonds is 10. The van der Waals surface area contributed by atoms with Crippen LogP contribution < -0.4 is 20.7 Å². The van der Waals surface area contributed by atoms with Crippen LogP contribution in [0.15, 0.2) is 102 Å². The van der Waals surface area contributed by atoms with Gasteiger partial charge in [0, 0.05) is 33.5 Å². The number of carbonyl (C=O) groups excluding carboxylic acids is 3. The first-order chi connectivity index (χ1) is 20.6. The molecule has 8 nitrogen and oxygen atoms in total. The van der Waals surface area contributed by atoms with Crippen LogP contribution >= 0.6 is 11.8 Å². The van der Waals surface area contributed by atoms with Crippen LogP contribution in [-0.4, -0.2) is 35.2 Å². The molecule has 0 aromatic heterocycles. The molecule has 0 aliphatic carbocycles. The van der Waals surface area contributed by atoms with Crippen molar-refractivity contribution in [2.45, 2.75) is 30.9 Å². The van der Waals surface area contributed by atoms with E-state index < -0.39 is 17.1 Å². The van der Waals surface area contributed by atoms with Gasteiger partial charge in [0.15, 0.2) is 0 Å². The highest BCUT2D eigenvalue weighted by Crippen LogP contribution is 2.29. The molecule has 0 spiro atoms. The van der Waals surface area contributed by atoms with E-state index in [9.17, 15) is 19.5 Å². The van der Waals surface area contributed by atoms with E-state index in [1.807, 2.05) is 45.0 Å². The van der Waals surface area contributed by atoms with Gasteiger partial charge in [-0.2, -0.15) is 0 Å². The van der Waals surface area contributed by atoms with E-state index in [4.69, 9.17) is 4.74 Å². The summed E-state index contributed by atoms with van der Waals surface area (Å²) < 4.78 is 5.35. The molecule has 4 rings (SSSR count). The van der Waals surface area contributed by atoms with E-state index in [2.05, 4.69) is 16.0 Å². The predicted octanol–water partition coefficient (Wildman–Crippen LogP) is 6.55. The SMILES string of the molecule is COc1cc(O)ccc1/C=C(/NC(=O)c1ccccc1)C(=O)Nc1cccc(SC(C)C(=O)Nc2cc(C)ccc2C)c1. The summed E-state index contributed by atoms with van der Waals surface area (Å²) in [5, 5.41) is 18.0. The van der Waals surface area contributed by atoms with Gasteiger partial charge >= 0.3 is 0 Å². The minimum absolute atomic E-state index is 0.000403. The zero-order chi connectivity index (χ0) is 30.9. The summed E-state index contributed by atoms with van der Waals surface area (Å²) in [6, 6.07) is 26.0. The molecular weight excluding hydrogens is 562 g/mol. The third-order valence-electron chi connectivity index (χ3n) is 6.47. The van der Waals surface area contributed by atoms with Gasteiger partial charge in [-0.05, 0) is 86.5 Å². The molecule has 9 heteroatoms. The van der Waals surface area contributed by atoms with Crippen LogP contribution in [0, 0.1) is 13.8 Å². The number of carbonyl (C=O) groups is 3. The van der Waals surface area contributed by atoms with Crippen molar-refractivity contribution < 1.29 is 24.2 Å². The Morgan fingerprint density at radius 3 is 2.40 bits per heavy atom. The van der Waals surface area contributed by atoms with Gasteiger partial charge < -0.3 is 25.8 Å². The Balaban J connectivity index is 1.52. The van der Waals surface area contributed by atoms with Gasteiger partial charge in [-0.1, -0.05) is 36.4 Å². The highest BCUT2D eigenvalue weighted by atomic mass is 32.2. The number of thioether (sulfide) groups is 1. The molecular formula is C34H33N3O5S. The van der Waals surface area contributed by atoms with Crippen molar-refractivity contribution in [2.24, 2.45) is 0 Å². The highest BCUT2D eigenvalue weighted by molar-refractivity contribution is 8.00. The molecule has 220 valence electrons. The molecule has 4 aromatic rings. The number of phenolic OH excluding ortho intramolecular Hbond substituents is 1. The standard InChI is InChI=1S/C34H33N3O5S/c1-21-13-14-22(2)29(17-21)36-32(39)23(3)43-28-12-8-11-26(19-28)35-34(41)30(37-33(40)24-9-6-5-7-10-24)18-25-15-16-27(38)20-31(25)42-4/h5-20,23,38H,1-4H3,(H,35,41)(H,36,39)(H,37,40)/b30-18+. The van der Waals surface area contributed by atoms with Crippen molar-refractivity contribution in [1.29, 1.82) is 0 Å². The number of hydrogen-bond acceptors (Lipinski definition) is 6. The highest BCUT2D eigenvalue weighted by Gasteiger charge is 2.18. The fourth-order valence-corrected chi connectivity index (χ4v) is 5.05. The van der Waals surface area contributed by atoms with Crippen LogP contribution in [0.1, 0.15) is 34.0 Å². The molecule has 3 amide bonds. The number of hydrogen-bond donors (Lipinski definition) is 4. The number of nitrogens with one attached hydrogen (secondary N) is 3.